The fourth-order valence-corrected chi connectivity index (χ4v) is 3.63. The second-order valence-electron chi connectivity index (χ2n) is 7.89. The lowest BCUT2D eigenvalue weighted by Gasteiger charge is -2.27. The van der Waals surface area contributed by atoms with Crippen LogP contribution in [0.3, 0.4) is 0 Å². The van der Waals surface area contributed by atoms with Crippen molar-refractivity contribution in [1.82, 2.24) is 15.1 Å². The zero-order chi connectivity index (χ0) is 22.5. The molecule has 1 aliphatic rings. The lowest BCUT2D eigenvalue weighted by Crippen LogP contribution is -2.31. The summed E-state index contributed by atoms with van der Waals surface area (Å²) < 4.78 is 7.06. The predicted octanol–water partition coefficient (Wildman–Crippen LogP) is 5.50. The number of aromatic nitrogens is 2. The minimum atomic E-state index is -0.543. The number of anilines is 1. The van der Waals surface area contributed by atoms with Crippen molar-refractivity contribution in [1.29, 1.82) is 0 Å². The molecular formula is C24H25ClN4O3. The zero-order valence-corrected chi connectivity index (χ0v) is 18.5. The van der Waals surface area contributed by atoms with Gasteiger partial charge in [0.05, 0.1) is 12.1 Å². The minimum absolute atomic E-state index is 0.144. The number of benzene rings is 2. The van der Waals surface area contributed by atoms with Gasteiger partial charge in [-0.15, -0.1) is 0 Å². The maximum Gasteiger partial charge on any atom is 0.411 e. The number of halogens is 1. The van der Waals surface area contributed by atoms with Crippen LogP contribution in [0.4, 0.5) is 10.5 Å². The van der Waals surface area contributed by atoms with E-state index in [0.717, 1.165) is 24.0 Å². The van der Waals surface area contributed by atoms with Crippen LogP contribution in [0, 0.1) is 0 Å². The molecule has 4 rings (SSSR count). The Morgan fingerprint density at radius 3 is 2.50 bits per heavy atom. The van der Waals surface area contributed by atoms with E-state index >= 15 is 0 Å². The van der Waals surface area contributed by atoms with Crippen LogP contribution in [0.2, 0.25) is 5.02 Å². The Hall–Kier alpha value is -3.32. The number of hydrogen-bond acceptors (Lipinski definition) is 4. The van der Waals surface area contributed by atoms with Gasteiger partial charge < -0.3 is 10.1 Å². The van der Waals surface area contributed by atoms with E-state index in [4.69, 9.17) is 16.3 Å². The molecule has 7 nitrogen and oxygen atoms in total. The zero-order valence-electron chi connectivity index (χ0n) is 17.8. The summed E-state index contributed by atoms with van der Waals surface area (Å²) in [6.07, 6.45) is 4.43. The molecular weight excluding hydrogens is 428 g/mol. The van der Waals surface area contributed by atoms with Crippen molar-refractivity contribution in [3.8, 4) is 0 Å². The SMILES string of the molecule is CC(NC(=O)c1ccnn1C1CCC1)c1ccc(NC(=O)OCc2ccc(Cl)cc2)cc1. The van der Waals surface area contributed by atoms with Crippen LogP contribution in [-0.2, 0) is 11.3 Å². The molecule has 8 heteroatoms. The molecule has 1 atom stereocenters. The van der Waals surface area contributed by atoms with E-state index in [-0.39, 0.29) is 18.6 Å². The quantitative estimate of drug-likeness (QED) is 0.495. The van der Waals surface area contributed by atoms with Crippen LogP contribution in [0.15, 0.2) is 60.8 Å². The van der Waals surface area contributed by atoms with Crippen molar-refractivity contribution < 1.29 is 14.3 Å². The van der Waals surface area contributed by atoms with Crippen molar-refractivity contribution in [3.05, 3.63) is 82.6 Å². The van der Waals surface area contributed by atoms with E-state index < -0.39 is 6.09 Å². The molecule has 166 valence electrons. The number of nitrogens with one attached hydrogen (secondary N) is 2. The molecule has 1 aliphatic carbocycles. The summed E-state index contributed by atoms with van der Waals surface area (Å²) in [6.45, 7) is 2.08. The summed E-state index contributed by atoms with van der Waals surface area (Å²) in [5, 5.41) is 10.7. The highest BCUT2D eigenvalue weighted by atomic mass is 35.5. The number of carbonyl (C=O) groups excluding carboxylic acids is 2. The van der Waals surface area contributed by atoms with Crippen molar-refractivity contribution in [2.45, 2.75) is 44.9 Å². The molecule has 1 saturated carbocycles. The third-order valence-electron chi connectivity index (χ3n) is 5.61. The molecule has 3 aromatic rings. The molecule has 0 bridgehead atoms. The van der Waals surface area contributed by atoms with Crippen LogP contribution in [0.25, 0.3) is 0 Å². The normalized spacial score (nSPS) is 14.3. The van der Waals surface area contributed by atoms with E-state index in [9.17, 15) is 9.59 Å². The average Bonchev–Trinajstić information content (AvgIpc) is 3.22. The molecule has 2 aromatic carbocycles. The molecule has 2 amide bonds. The molecule has 0 radical (unpaired) electrons. The number of amides is 2. The maximum atomic E-state index is 12.7. The summed E-state index contributed by atoms with van der Waals surface area (Å²) in [7, 11) is 0. The van der Waals surface area contributed by atoms with Crippen molar-refractivity contribution in [3.63, 3.8) is 0 Å². The number of nitrogens with zero attached hydrogens (tertiary/aromatic N) is 2. The van der Waals surface area contributed by atoms with E-state index in [1.165, 1.54) is 6.42 Å². The Bertz CT molecular complexity index is 1080. The summed E-state index contributed by atoms with van der Waals surface area (Å²) >= 11 is 5.85. The average molecular weight is 453 g/mol. The van der Waals surface area contributed by atoms with Gasteiger partial charge in [0.25, 0.3) is 5.91 Å². The fraction of sp³-hybridized carbons (Fsp3) is 0.292. The number of hydrogen-bond donors (Lipinski definition) is 2. The van der Waals surface area contributed by atoms with Crippen LogP contribution in [-0.4, -0.2) is 21.8 Å². The van der Waals surface area contributed by atoms with Gasteiger partial charge in [-0.05, 0) is 67.6 Å². The van der Waals surface area contributed by atoms with Gasteiger partial charge in [-0.25, -0.2) is 4.79 Å². The van der Waals surface area contributed by atoms with Gasteiger partial charge in [-0.3, -0.25) is 14.8 Å². The summed E-state index contributed by atoms with van der Waals surface area (Å²) in [6, 6.07) is 16.3. The Balaban J connectivity index is 1.29. The monoisotopic (exact) mass is 452 g/mol. The summed E-state index contributed by atoms with van der Waals surface area (Å²) in [5.41, 5.74) is 2.97. The lowest BCUT2D eigenvalue weighted by molar-refractivity contribution is 0.0921. The Morgan fingerprint density at radius 1 is 1.12 bits per heavy atom. The molecule has 1 fully saturated rings. The highest BCUT2D eigenvalue weighted by Crippen LogP contribution is 2.31. The number of rotatable bonds is 7. The minimum Gasteiger partial charge on any atom is -0.444 e. The van der Waals surface area contributed by atoms with Crippen LogP contribution >= 0.6 is 11.6 Å². The fourth-order valence-electron chi connectivity index (χ4n) is 3.51. The maximum absolute atomic E-state index is 12.7. The van der Waals surface area contributed by atoms with Gasteiger partial charge in [0.2, 0.25) is 0 Å². The summed E-state index contributed by atoms with van der Waals surface area (Å²) in [4.78, 5) is 24.8. The van der Waals surface area contributed by atoms with Gasteiger partial charge in [0, 0.05) is 16.9 Å². The highest BCUT2D eigenvalue weighted by Gasteiger charge is 2.25. The van der Waals surface area contributed by atoms with Gasteiger partial charge in [-0.1, -0.05) is 35.9 Å². The molecule has 1 aromatic heterocycles. The van der Waals surface area contributed by atoms with E-state index in [1.807, 2.05) is 23.7 Å². The predicted molar refractivity (Wildman–Crippen MR) is 123 cm³/mol. The van der Waals surface area contributed by atoms with E-state index in [0.29, 0.717) is 22.4 Å². The largest absolute Gasteiger partial charge is 0.444 e. The van der Waals surface area contributed by atoms with Crippen LogP contribution in [0.1, 0.15) is 59.9 Å². The van der Waals surface area contributed by atoms with Crippen LogP contribution < -0.4 is 10.6 Å². The molecule has 0 aliphatic heterocycles. The summed E-state index contributed by atoms with van der Waals surface area (Å²) in [5.74, 6) is -0.144. The second-order valence-corrected chi connectivity index (χ2v) is 8.33. The first-order chi connectivity index (χ1) is 15.5. The van der Waals surface area contributed by atoms with Gasteiger partial charge in [0.1, 0.15) is 12.3 Å². The molecule has 2 N–H and O–H groups in total. The van der Waals surface area contributed by atoms with E-state index in [1.54, 1.807) is 48.7 Å². The van der Waals surface area contributed by atoms with E-state index in [2.05, 4.69) is 15.7 Å². The van der Waals surface area contributed by atoms with Crippen LogP contribution in [0.5, 0.6) is 0 Å². The first kappa shape index (κ1) is 21.9. The standard InChI is InChI=1S/C24H25ClN4O3/c1-16(27-23(30)22-13-14-26-29(22)21-3-2-4-21)18-7-11-20(12-8-18)28-24(31)32-15-17-5-9-19(25)10-6-17/h5-14,16,21H,2-4,15H2,1H3,(H,27,30)(H,28,31). The Kier molecular flexibility index (Phi) is 6.75. The Labute approximate surface area is 191 Å². The van der Waals surface area contributed by atoms with Gasteiger partial charge >= 0.3 is 6.09 Å². The molecule has 0 saturated heterocycles. The Morgan fingerprint density at radius 2 is 1.84 bits per heavy atom. The molecule has 32 heavy (non-hydrogen) atoms. The molecule has 1 heterocycles. The van der Waals surface area contributed by atoms with Crippen molar-refractivity contribution >= 4 is 29.3 Å². The van der Waals surface area contributed by atoms with Crippen molar-refractivity contribution in [2.75, 3.05) is 5.32 Å². The number of ether oxygens (including phenoxy) is 1. The number of carbonyl (C=O) groups is 2. The van der Waals surface area contributed by atoms with Gasteiger partial charge in [0.15, 0.2) is 0 Å². The highest BCUT2D eigenvalue weighted by molar-refractivity contribution is 6.30. The smallest absolute Gasteiger partial charge is 0.411 e. The first-order valence-corrected chi connectivity index (χ1v) is 11.0. The van der Waals surface area contributed by atoms with Crippen molar-refractivity contribution in [2.24, 2.45) is 0 Å². The second kappa shape index (κ2) is 9.87. The third kappa shape index (κ3) is 5.29. The lowest BCUT2D eigenvalue weighted by atomic mass is 9.93. The third-order valence-corrected chi connectivity index (χ3v) is 5.86. The molecule has 1 unspecified atom stereocenters. The first-order valence-electron chi connectivity index (χ1n) is 10.6. The molecule has 0 spiro atoms. The topological polar surface area (TPSA) is 85.3 Å². The van der Waals surface area contributed by atoms with Gasteiger partial charge in [-0.2, -0.15) is 5.10 Å².